The highest BCUT2D eigenvalue weighted by molar-refractivity contribution is 7.09. The number of ether oxygens (including phenoxy) is 2. The summed E-state index contributed by atoms with van der Waals surface area (Å²) in [6.45, 7) is 2.32. The van der Waals surface area contributed by atoms with Crippen molar-refractivity contribution in [1.29, 1.82) is 0 Å². The predicted molar refractivity (Wildman–Crippen MR) is 140 cm³/mol. The van der Waals surface area contributed by atoms with E-state index in [-0.39, 0.29) is 24.1 Å². The van der Waals surface area contributed by atoms with Crippen molar-refractivity contribution in [2.24, 2.45) is 0 Å². The van der Waals surface area contributed by atoms with Crippen LogP contribution in [0.15, 0.2) is 35.7 Å². The van der Waals surface area contributed by atoms with Gasteiger partial charge in [-0.2, -0.15) is 0 Å². The maximum atomic E-state index is 13.2. The van der Waals surface area contributed by atoms with Gasteiger partial charge in [-0.25, -0.2) is 9.97 Å². The SMILES string of the molecule is COC(=O)CNC(=O)C(C)NC(=O)c1csc(C2CCN(C(=O)c3cc(OC)c4ccccc4n3)CC2)n1. The van der Waals surface area contributed by atoms with Crippen molar-refractivity contribution in [3.05, 3.63) is 52.1 Å². The van der Waals surface area contributed by atoms with Gasteiger partial charge in [0.05, 0.1) is 24.7 Å². The first-order valence-electron chi connectivity index (χ1n) is 12.1. The Kier molecular flexibility index (Phi) is 8.52. The van der Waals surface area contributed by atoms with Crippen molar-refractivity contribution >= 4 is 45.9 Å². The van der Waals surface area contributed by atoms with Crippen LogP contribution < -0.4 is 15.4 Å². The quantitative estimate of drug-likeness (QED) is 0.415. The summed E-state index contributed by atoms with van der Waals surface area (Å²) in [6.07, 6.45) is 1.41. The van der Waals surface area contributed by atoms with Crippen LogP contribution in [-0.4, -0.2) is 78.5 Å². The van der Waals surface area contributed by atoms with E-state index in [0.717, 1.165) is 10.4 Å². The number of para-hydroxylation sites is 1. The summed E-state index contributed by atoms with van der Waals surface area (Å²) in [6, 6.07) is 8.36. The normalized spacial score (nSPS) is 14.6. The maximum Gasteiger partial charge on any atom is 0.325 e. The number of carbonyl (C=O) groups excluding carboxylic acids is 4. The second kappa shape index (κ2) is 12.0. The van der Waals surface area contributed by atoms with Crippen molar-refractivity contribution in [2.45, 2.75) is 31.7 Å². The Morgan fingerprint density at radius 2 is 1.84 bits per heavy atom. The topological polar surface area (TPSA) is 140 Å². The molecule has 2 aromatic heterocycles. The number of carbonyl (C=O) groups is 4. The first-order valence-corrected chi connectivity index (χ1v) is 13.0. The van der Waals surface area contributed by atoms with E-state index in [2.05, 4.69) is 25.3 Å². The van der Waals surface area contributed by atoms with Crippen LogP contribution in [0.1, 0.15) is 51.7 Å². The molecule has 0 spiro atoms. The largest absolute Gasteiger partial charge is 0.496 e. The van der Waals surface area contributed by atoms with Crippen LogP contribution in [0.5, 0.6) is 5.75 Å². The first-order chi connectivity index (χ1) is 18.3. The van der Waals surface area contributed by atoms with Gasteiger partial charge in [-0.05, 0) is 31.9 Å². The van der Waals surface area contributed by atoms with Gasteiger partial charge in [0.25, 0.3) is 11.8 Å². The third kappa shape index (κ3) is 6.08. The summed E-state index contributed by atoms with van der Waals surface area (Å²) in [5.41, 5.74) is 1.27. The van der Waals surface area contributed by atoms with E-state index in [1.807, 2.05) is 24.3 Å². The smallest absolute Gasteiger partial charge is 0.325 e. The summed E-state index contributed by atoms with van der Waals surface area (Å²) in [4.78, 5) is 59.8. The maximum absolute atomic E-state index is 13.2. The second-order valence-corrected chi connectivity index (χ2v) is 9.74. The lowest BCUT2D eigenvalue weighted by molar-refractivity contribution is -0.141. The zero-order valence-corrected chi connectivity index (χ0v) is 22.2. The van der Waals surface area contributed by atoms with E-state index in [9.17, 15) is 19.2 Å². The van der Waals surface area contributed by atoms with Gasteiger partial charge in [0.2, 0.25) is 5.91 Å². The Labute approximate surface area is 223 Å². The molecule has 1 aliphatic heterocycles. The number of esters is 1. The molecule has 1 aromatic carbocycles. The summed E-state index contributed by atoms with van der Waals surface area (Å²) in [7, 11) is 2.80. The monoisotopic (exact) mass is 539 g/mol. The number of thiazole rings is 1. The summed E-state index contributed by atoms with van der Waals surface area (Å²) < 4.78 is 9.95. The molecule has 3 amide bonds. The third-order valence-electron chi connectivity index (χ3n) is 6.38. The molecule has 12 heteroatoms. The molecule has 0 radical (unpaired) electrons. The lowest BCUT2D eigenvalue weighted by atomic mass is 9.97. The number of methoxy groups -OCH3 is 2. The number of pyridine rings is 1. The number of benzene rings is 1. The van der Waals surface area contributed by atoms with E-state index in [1.54, 1.807) is 23.5 Å². The number of hydrogen-bond acceptors (Lipinski definition) is 9. The highest BCUT2D eigenvalue weighted by Crippen LogP contribution is 2.32. The fraction of sp³-hybridized carbons (Fsp3) is 0.385. The Morgan fingerprint density at radius 3 is 2.55 bits per heavy atom. The van der Waals surface area contributed by atoms with Gasteiger partial charge in [-0.3, -0.25) is 19.2 Å². The number of fused-ring (bicyclic) bond motifs is 1. The van der Waals surface area contributed by atoms with Crippen LogP contribution >= 0.6 is 11.3 Å². The molecule has 0 saturated carbocycles. The predicted octanol–water partition coefficient (Wildman–Crippen LogP) is 2.13. The molecule has 2 N–H and O–H groups in total. The molecular formula is C26H29N5O6S. The molecule has 0 aliphatic carbocycles. The lowest BCUT2D eigenvalue weighted by Gasteiger charge is -2.31. The van der Waals surface area contributed by atoms with E-state index in [0.29, 0.717) is 42.9 Å². The average molecular weight is 540 g/mol. The molecule has 1 unspecified atom stereocenters. The van der Waals surface area contributed by atoms with E-state index < -0.39 is 23.8 Å². The first kappa shape index (κ1) is 27.0. The van der Waals surface area contributed by atoms with Crippen LogP contribution in [-0.2, 0) is 14.3 Å². The molecule has 200 valence electrons. The van der Waals surface area contributed by atoms with Crippen LogP contribution in [0.25, 0.3) is 10.9 Å². The zero-order valence-electron chi connectivity index (χ0n) is 21.4. The van der Waals surface area contributed by atoms with Crippen LogP contribution in [0.3, 0.4) is 0 Å². The van der Waals surface area contributed by atoms with Gasteiger partial charge >= 0.3 is 5.97 Å². The Balaban J connectivity index is 1.33. The summed E-state index contributed by atoms with van der Waals surface area (Å²) >= 11 is 1.38. The van der Waals surface area contributed by atoms with Crippen molar-refractivity contribution in [3.63, 3.8) is 0 Å². The fourth-order valence-electron chi connectivity index (χ4n) is 4.21. The number of likely N-dealkylation sites (tertiary alicyclic amines) is 1. The minimum Gasteiger partial charge on any atom is -0.496 e. The number of nitrogens with one attached hydrogen (secondary N) is 2. The molecule has 4 rings (SSSR count). The van der Waals surface area contributed by atoms with Gasteiger partial charge in [-0.15, -0.1) is 11.3 Å². The molecule has 3 heterocycles. The third-order valence-corrected chi connectivity index (χ3v) is 7.39. The summed E-state index contributed by atoms with van der Waals surface area (Å²) in [5, 5.41) is 8.31. The molecule has 3 aromatic rings. The van der Waals surface area contributed by atoms with Gasteiger partial charge < -0.3 is 25.0 Å². The number of nitrogens with zero attached hydrogens (tertiary/aromatic N) is 3. The highest BCUT2D eigenvalue weighted by atomic mass is 32.1. The molecular weight excluding hydrogens is 510 g/mol. The number of piperidine rings is 1. The Bertz CT molecular complexity index is 1350. The molecule has 1 fully saturated rings. The minimum absolute atomic E-state index is 0.116. The van der Waals surface area contributed by atoms with Crippen LogP contribution in [0, 0.1) is 0 Å². The fourth-order valence-corrected chi connectivity index (χ4v) is 5.18. The highest BCUT2D eigenvalue weighted by Gasteiger charge is 2.28. The van der Waals surface area contributed by atoms with Crippen molar-refractivity contribution in [2.75, 3.05) is 33.9 Å². The molecule has 1 atom stereocenters. The van der Waals surface area contributed by atoms with Crippen molar-refractivity contribution < 1.29 is 28.7 Å². The van der Waals surface area contributed by atoms with Crippen LogP contribution in [0.4, 0.5) is 0 Å². The number of hydrogen-bond donors (Lipinski definition) is 2. The van der Waals surface area contributed by atoms with Crippen molar-refractivity contribution in [3.8, 4) is 5.75 Å². The molecule has 1 aliphatic rings. The average Bonchev–Trinajstić information content (AvgIpc) is 3.45. The van der Waals surface area contributed by atoms with E-state index >= 15 is 0 Å². The van der Waals surface area contributed by atoms with Gasteiger partial charge in [0, 0.05) is 35.8 Å². The Morgan fingerprint density at radius 1 is 1.11 bits per heavy atom. The second-order valence-electron chi connectivity index (χ2n) is 8.85. The van der Waals surface area contributed by atoms with Gasteiger partial charge in [0.15, 0.2) is 0 Å². The number of aromatic nitrogens is 2. The molecule has 1 saturated heterocycles. The zero-order chi connectivity index (χ0) is 27.2. The lowest BCUT2D eigenvalue weighted by Crippen LogP contribution is -2.46. The van der Waals surface area contributed by atoms with E-state index in [1.165, 1.54) is 25.4 Å². The molecule has 11 nitrogen and oxygen atoms in total. The van der Waals surface area contributed by atoms with E-state index in [4.69, 9.17) is 4.74 Å². The Hall–Kier alpha value is -4.06. The van der Waals surface area contributed by atoms with Crippen LogP contribution in [0.2, 0.25) is 0 Å². The van der Waals surface area contributed by atoms with Gasteiger partial charge in [0.1, 0.15) is 29.7 Å². The molecule has 38 heavy (non-hydrogen) atoms. The number of rotatable bonds is 8. The standard InChI is InChI=1S/C26H29N5O6S/c1-15(23(33)27-13-22(32)37-3)28-24(34)20-14-38-25(30-20)16-8-10-31(11-9-16)26(35)19-12-21(36-2)17-6-4-5-7-18(17)29-19/h4-7,12,14-16H,8-11,13H2,1-3H3,(H,27,33)(H,28,34). The minimum atomic E-state index is -0.853. The van der Waals surface area contributed by atoms with Gasteiger partial charge in [-0.1, -0.05) is 12.1 Å². The molecule has 0 bridgehead atoms. The number of amides is 3. The van der Waals surface area contributed by atoms with Crippen molar-refractivity contribution in [1.82, 2.24) is 25.5 Å². The summed E-state index contributed by atoms with van der Waals surface area (Å²) in [5.74, 6) is -0.983.